The Morgan fingerprint density at radius 1 is 1.34 bits per heavy atom. The first-order chi connectivity index (χ1) is 15.3. The summed E-state index contributed by atoms with van der Waals surface area (Å²) >= 11 is 0. The standard InChI is InChI=1S/C22H28F2N6O2/c1-26-19-16(4-3-8-22(19,23)24)30(2)17-11-27-18(20(25)31)21(29-17)28-15-6-5-13-7-9-32-12-14(13)10-15/h5-6,10-11,16,19,26H,3-4,7-9,12H2,1-2H3,(H2,25,31)(H,28,29)/t16-,19-/m1/s1. The highest BCUT2D eigenvalue weighted by Gasteiger charge is 2.47. The summed E-state index contributed by atoms with van der Waals surface area (Å²) in [7, 11) is 3.25. The fourth-order valence-electron chi connectivity index (χ4n) is 4.54. The predicted molar refractivity (Wildman–Crippen MR) is 117 cm³/mol. The van der Waals surface area contributed by atoms with Gasteiger partial charge in [0.1, 0.15) is 5.82 Å². The average Bonchev–Trinajstić information content (AvgIpc) is 2.77. The zero-order chi connectivity index (χ0) is 22.9. The molecule has 2 aliphatic rings. The number of nitrogens with two attached hydrogens (primary N) is 1. The SMILES string of the molecule is CN[C@@H]1[C@H](N(C)c2cnc(C(N)=O)c(Nc3ccc4c(c3)COCC4)n2)CCCC1(F)F. The van der Waals surface area contributed by atoms with Crippen LogP contribution < -0.4 is 21.3 Å². The maximum atomic E-state index is 14.5. The van der Waals surface area contributed by atoms with Crippen LogP contribution in [0.5, 0.6) is 0 Å². The molecule has 172 valence electrons. The molecule has 0 spiro atoms. The molecule has 0 saturated heterocycles. The van der Waals surface area contributed by atoms with Gasteiger partial charge < -0.3 is 26.0 Å². The number of hydrogen-bond acceptors (Lipinski definition) is 7. The first-order valence-electron chi connectivity index (χ1n) is 10.7. The van der Waals surface area contributed by atoms with E-state index in [1.807, 2.05) is 18.2 Å². The molecule has 4 rings (SSSR count). The number of fused-ring (bicyclic) bond motifs is 1. The summed E-state index contributed by atoms with van der Waals surface area (Å²) in [5, 5.41) is 5.89. The van der Waals surface area contributed by atoms with Crippen molar-refractivity contribution >= 4 is 23.2 Å². The lowest BCUT2D eigenvalue weighted by molar-refractivity contribution is -0.0685. The van der Waals surface area contributed by atoms with E-state index >= 15 is 0 Å². The summed E-state index contributed by atoms with van der Waals surface area (Å²) in [6.07, 6.45) is 3.09. The van der Waals surface area contributed by atoms with E-state index in [-0.39, 0.29) is 17.9 Å². The highest BCUT2D eigenvalue weighted by atomic mass is 19.3. The van der Waals surface area contributed by atoms with Crippen molar-refractivity contribution in [3.05, 3.63) is 41.2 Å². The summed E-state index contributed by atoms with van der Waals surface area (Å²) in [5.41, 5.74) is 8.47. The average molecular weight is 447 g/mol. The second-order valence-corrected chi connectivity index (χ2v) is 8.30. The van der Waals surface area contributed by atoms with Gasteiger partial charge in [0.2, 0.25) is 0 Å². The van der Waals surface area contributed by atoms with Crippen LogP contribution in [0.25, 0.3) is 0 Å². The molecule has 1 aliphatic heterocycles. The predicted octanol–water partition coefficient (Wildman–Crippen LogP) is 2.60. The van der Waals surface area contributed by atoms with E-state index in [0.717, 1.165) is 12.0 Å². The fraction of sp³-hybridized carbons (Fsp3) is 0.500. The maximum Gasteiger partial charge on any atom is 0.271 e. The van der Waals surface area contributed by atoms with E-state index in [0.29, 0.717) is 37.6 Å². The number of primary amides is 1. The van der Waals surface area contributed by atoms with Gasteiger partial charge in [0.15, 0.2) is 11.5 Å². The van der Waals surface area contributed by atoms with E-state index in [2.05, 4.69) is 20.6 Å². The number of amides is 1. The number of alkyl halides is 2. The molecular formula is C22H28F2N6O2. The van der Waals surface area contributed by atoms with Crippen LogP contribution in [0.4, 0.5) is 26.1 Å². The van der Waals surface area contributed by atoms with Crippen LogP contribution in [0.2, 0.25) is 0 Å². The Morgan fingerprint density at radius 2 is 2.16 bits per heavy atom. The third-order valence-electron chi connectivity index (χ3n) is 6.26. The third kappa shape index (κ3) is 4.37. The number of benzene rings is 1. The van der Waals surface area contributed by atoms with E-state index < -0.39 is 23.9 Å². The normalized spacial score (nSPS) is 22.1. The maximum absolute atomic E-state index is 14.5. The van der Waals surface area contributed by atoms with E-state index in [1.165, 1.54) is 11.8 Å². The Balaban J connectivity index is 1.64. The van der Waals surface area contributed by atoms with Gasteiger partial charge in [0.25, 0.3) is 11.8 Å². The Labute approximate surface area is 185 Å². The fourth-order valence-corrected chi connectivity index (χ4v) is 4.54. The molecule has 0 bridgehead atoms. The molecule has 8 nitrogen and oxygen atoms in total. The number of likely N-dealkylation sites (N-methyl/N-ethyl adjacent to an activating group) is 2. The van der Waals surface area contributed by atoms with Crippen molar-refractivity contribution in [2.24, 2.45) is 5.73 Å². The molecule has 32 heavy (non-hydrogen) atoms. The van der Waals surface area contributed by atoms with Gasteiger partial charge in [0, 0.05) is 19.2 Å². The summed E-state index contributed by atoms with van der Waals surface area (Å²) in [5.74, 6) is -2.99. The molecule has 1 aromatic carbocycles. The molecule has 1 aliphatic carbocycles. The molecule has 4 N–H and O–H groups in total. The van der Waals surface area contributed by atoms with Crippen molar-refractivity contribution in [1.29, 1.82) is 0 Å². The number of rotatable bonds is 6. The summed E-state index contributed by atoms with van der Waals surface area (Å²) in [4.78, 5) is 22.4. The number of carbonyl (C=O) groups excluding carboxylic acids is 1. The summed E-state index contributed by atoms with van der Waals surface area (Å²) in [6, 6.07) is 4.35. The highest BCUT2D eigenvalue weighted by molar-refractivity contribution is 5.96. The van der Waals surface area contributed by atoms with E-state index in [1.54, 1.807) is 19.0 Å². The van der Waals surface area contributed by atoms with Crippen molar-refractivity contribution in [3.8, 4) is 0 Å². The van der Waals surface area contributed by atoms with Gasteiger partial charge in [-0.15, -0.1) is 0 Å². The minimum Gasteiger partial charge on any atom is -0.376 e. The van der Waals surface area contributed by atoms with Crippen molar-refractivity contribution < 1.29 is 18.3 Å². The molecule has 10 heteroatoms. The van der Waals surface area contributed by atoms with E-state index in [9.17, 15) is 13.6 Å². The first-order valence-corrected chi connectivity index (χ1v) is 10.7. The van der Waals surface area contributed by atoms with Crippen LogP contribution in [0.1, 0.15) is 40.9 Å². The summed E-state index contributed by atoms with van der Waals surface area (Å²) in [6.45, 7) is 1.21. The second-order valence-electron chi connectivity index (χ2n) is 8.30. The lowest BCUT2D eigenvalue weighted by Gasteiger charge is -2.42. The molecule has 1 fully saturated rings. The van der Waals surface area contributed by atoms with Crippen LogP contribution in [-0.2, 0) is 17.8 Å². The summed E-state index contributed by atoms with van der Waals surface area (Å²) < 4.78 is 34.4. The molecule has 2 atom stereocenters. The van der Waals surface area contributed by atoms with Gasteiger partial charge in [-0.1, -0.05) is 6.07 Å². The Hall–Kier alpha value is -2.85. The van der Waals surface area contributed by atoms with Crippen LogP contribution in [0, 0.1) is 0 Å². The van der Waals surface area contributed by atoms with Gasteiger partial charge in [0.05, 0.1) is 31.5 Å². The van der Waals surface area contributed by atoms with Crippen molar-refractivity contribution in [2.75, 3.05) is 30.9 Å². The number of aromatic nitrogens is 2. The molecule has 1 aromatic heterocycles. The molecule has 0 radical (unpaired) electrons. The lowest BCUT2D eigenvalue weighted by atomic mass is 9.86. The molecule has 0 unspecified atom stereocenters. The highest BCUT2D eigenvalue weighted by Crippen LogP contribution is 2.37. The number of hydrogen-bond donors (Lipinski definition) is 3. The van der Waals surface area contributed by atoms with Gasteiger partial charge in [-0.25, -0.2) is 18.7 Å². The van der Waals surface area contributed by atoms with Gasteiger partial charge >= 0.3 is 0 Å². The second kappa shape index (κ2) is 8.95. The zero-order valence-electron chi connectivity index (χ0n) is 18.2. The first kappa shape index (κ1) is 22.3. The van der Waals surface area contributed by atoms with Crippen LogP contribution in [-0.4, -0.2) is 54.6 Å². The number of anilines is 3. The third-order valence-corrected chi connectivity index (χ3v) is 6.26. The molecule has 1 amide bonds. The molecular weight excluding hydrogens is 418 g/mol. The van der Waals surface area contributed by atoms with Gasteiger partial charge in [-0.3, -0.25) is 4.79 Å². The van der Waals surface area contributed by atoms with Gasteiger partial charge in [-0.2, -0.15) is 0 Å². The number of halogens is 2. The van der Waals surface area contributed by atoms with Crippen molar-refractivity contribution in [1.82, 2.24) is 15.3 Å². The Bertz CT molecular complexity index is 1000. The topological polar surface area (TPSA) is 105 Å². The number of carbonyl (C=O) groups is 1. The molecule has 2 aromatic rings. The number of nitrogens with zero attached hydrogens (tertiary/aromatic N) is 3. The Morgan fingerprint density at radius 3 is 2.91 bits per heavy atom. The minimum atomic E-state index is -2.82. The smallest absolute Gasteiger partial charge is 0.271 e. The van der Waals surface area contributed by atoms with E-state index in [4.69, 9.17) is 10.5 Å². The van der Waals surface area contributed by atoms with Crippen molar-refractivity contribution in [2.45, 2.75) is 50.3 Å². The van der Waals surface area contributed by atoms with Crippen molar-refractivity contribution in [3.63, 3.8) is 0 Å². The van der Waals surface area contributed by atoms with Crippen LogP contribution in [0.3, 0.4) is 0 Å². The van der Waals surface area contributed by atoms with Crippen LogP contribution in [0.15, 0.2) is 24.4 Å². The minimum absolute atomic E-state index is 0.0183. The molecule has 1 saturated carbocycles. The number of nitrogens with one attached hydrogen (secondary N) is 2. The Kier molecular flexibility index (Phi) is 6.25. The quantitative estimate of drug-likeness (QED) is 0.626. The molecule has 2 heterocycles. The largest absolute Gasteiger partial charge is 0.376 e. The number of ether oxygens (including phenoxy) is 1. The van der Waals surface area contributed by atoms with Gasteiger partial charge in [-0.05, 0) is 49.6 Å². The zero-order valence-corrected chi connectivity index (χ0v) is 18.2. The lowest BCUT2D eigenvalue weighted by Crippen LogP contribution is -2.59. The monoisotopic (exact) mass is 446 g/mol. The van der Waals surface area contributed by atoms with Crippen LogP contribution >= 0.6 is 0 Å².